The number of ether oxygens (including phenoxy) is 1. The van der Waals surface area contributed by atoms with Crippen molar-refractivity contribution in [2.24, 2.45) is 0 Å². The summed E-state index contributed by atoms with van der Waals surface area (Å²) in [5.41, 5.74) is 0. The molecule has 0 aromatic carbocycles. The Hall–Kier alpha value is -1.04. The minimum absolute atomic E-state index is 0.112. The minimum Gasteiger partial charge on any atom is -0.461 e. The Balaban J connectivity index is 2.87. The first-order valence-corrected chi connectivity index (χ1v) is 4.72. The average molecular weight is 265 g/mol. The highest BCUT2D eigenvalue weighted by Crippen LogP contribution is 2.22. The largest absolute Gasteiger partial charge is 0.461 e. The summed E-state index contributed by atoms with van der Waals surface area (Å²) < 4.78 is 18.2. The summed E-state index contributed by atoms with van der Waals surface area (Å²) in [6.45, 7) is 1.70. The first kappa shape index (κ1) is 11.0. The van der Waals surface area contributed by atoms with Gasteiger partial charge in [-0.15, -0.1) is 0 Å². The smallest absolute Gasteiger partial charge is 0.388 e. The van der Waals surface area contributed by atoms with Crippen LogP contribution in [0, 0.1) is 4.91 Å². The van der Waals surface area contributed by atoms with Gasteiger partial charge in [0.1, 0.15) is 0 Å². The molecule has 76 valence electrons. The molecule has 0 bridgehead atoms. The van der Waals surface area contributed by atoms with Crippen molar-refractivity contribution >= 4 is 21.9 Å². The Morgan fingerprint density at radius 2 is 2.43 bits per heavy atom. The number of rotatable bonds is 2. The number of carbonyl (C=O) groups excluding carboxylic acids is 1. The maximum absolute atomic E-state index is 13.2. The molecule has 0 fully saturated rings. The Morgan fingerprint density at radius 3 is 2.93 bits per heavy atom. The van der Waals surface area contributed by atoms with Crippen LogP contribution in [0.15, 0.2) is 22.6 Å². The molecule has 0 amide bonds. The van der Waals surface area contributed by atoms with Crippen molar-refractivity contribution in [2.75, 3.05) is 6.61 Å². The van der Waals surface area contributed by atoms with Gasteiger partial charge in [-0.1, -0.05) is 0 Å². The number of esters is 1. The molecule has 1 unspecified atom stereocenters. The fourth-order valence-corrected chi connectivity index (χ4v) is 1.42. The average Bonchev–Trinajstić information content (AvgIpc) is 2.01. The minimum atomic E-state index is -1.50. The van der Waals surface area contributed by atoms with E-state index in [1.54, 1.807) is 6.92 Å². The fraction of sp³-hybridized carbons (Fsp3) is 0.375. The molecule has 0 aromatic heterocycles. The monoisotopic (exact) mass is 264 g/mol. The van der Waals surface area contributed by atoms with Gasteiger partial charge >= 0.3 is 12.0 Å². The van der Waals surface area contributed by atoms with Crippen LogP contribution in [0.4, 0.5) is 4.39 Å². The molecule has 0 radical (unpaired) electrons. The third-order valence-corrected chi connectivity index (χ3v) is 1.99. The molecule has 1 atom stereocenters. The zero-order chi connectivity index (χ0) is 10.7. The van der Waals surface area contributed by atoms with Gasteiger partial charge in [-0.3, -0.25) is 0 Å². The van der Waals surface area contributed by atoms with Gasteiger partial charge in [-0.2, -0.15) is 0 Å². The first-order chi connectivity index (χ1) is 6.56. The van der Waals surface area contributed by atoms with Crippen LogP contribution in [0.3, 0.4) is 0 Å². The molecule has 0 aliphatic carbocycles. The van der Waals surface area contributed by atoms with Crippen molar-refractivity contribution < 1.29 is 18.7 Å². The third-order valence-electron chi connectivity index (χ3n) is 1.55. The summed E-state index contributed by atoms with van der Waals surface area (Å²) in [5.74, 6) is -1.71. The van der Waals surface area contributed by atoms with E-state index in [0.717, 1.165) is 12.3 Å². The molecule has 1 heterocycles. The van der Waals surface area contributed by atoms with Gasteiger partial charge in [0.05, 0.1) is 15.8 Å². The van der Waals surface area contributed by atoms with E-state index in [0.29, 0.717) is 0 Å². The summed E-state index contributed by atoms with van der Waals surface area (Å²) in [7, 11) is 0. The van der Waals surface area contributed by atoms with Crippen molar-refractivity contribution in [3.05, 3.63) is 27.5 Å². The third kappa shape index (κ3) is 2.25. The Morgan fingerprint density at radius 1 is 1.79 bits per heavy atom. The van der Waals surface area contributed by atoms with Gasteiger partial charge in [-0.05, 0) is 28.9 Å². The summed E-state index contributed by atoms with van der Waals surface area (Å²) in [6, 6.07) is -1.50. The zero-order valence-electron chi connectivity index (χ0n) is 7.37. The second-order valence-corrected chi connectivity index (χ2v) is 3.47. The van der Waals surface area contributed by atoms with Gasteiger partial charge in [-0.25, -0.2) is 9.18 Å². The van der Waals surface area contributed by atoms with E-state index in [1.807, 2.05) is 0 Å². The zero-order valence-corrected chi connectivity index (χ0v) is 8.95. The van der Waals surface area contributed by atoms with Gasteiger partial charge in [0.2, 0.25) is 6.20 Å². The van der Waals surface area contributed by atoms with Crippen LogP contribution in [0.5, 0.6) is 0 Å². The Kier molecular flexibility index (Phi) is 3.51. The van der Waals surface area contributed by atoms with Crippen LogP contribution >= 0.6 is 15.9 Å². The van der Waals surface area contributed by atoms with Crippen LogP contribution in [0.25, 0.3) is 0 Å². The first-order valence-electron chi connectivity index (χ1n) is 3.92. The molecular weight excluding hydrogens is 257 g/mol. The van der Waals surface area contributed by atoms with E-state index in [-0.39, 0.29) is 15.8 Å². The van der Waals surface area contributed by atoms with E-state index >= 15 is 0 Å². The van der Waals surface area contributed by atoms with E-state index in [2.05, 4.69) is 20.7 Å². The second-order valence-electron chi connectivity index (χ2n) is 2.56. The van der Waals surface area contributed by atoms with E-state index < -0.39 is 17.8 Å². The van der Waals surface area contributed by atoms with Crippen molar-refractivity contribution in [3.63, 3.8) is 0 Å². The fourth-order valence-electron chi connectivity index (χ4n) is 1.00. The molecule has 6 heteroatoms. The Labute approximate surface area is 88.1 Å². The molecule has 1 rings (SSSR count). The second kappa shape index (κ2) is 4.45. The van der Waals surface area contributed by atoms with Gasteiger partial charge < -0.3 is 4.74 Å². The summed E-state index contributed by atoms with van der Waals surface area (Å²) in [5, 5.41) is 0. The number of hydrogen-bond acceptors (Lipinski definition) is 3. The molecule has 1 aliphatic rings. The summed E-state index contributed by atoms with van der Waals surface area (Å²) >= 11 is 2.94. The van der Waals surface area contributed by atoms with E-state index in [9.17, 15) is 14.1 Å². The lowest BCUT2D eigenvalue weighted by Crippen LogP contribution is -2.34. The van der Waals surface area contributed by atoms with Crippen molar-refractivity contribution in [3.8, 4) is 0 Å². The molecule has 1 aliphatic heterocycles. The normalized spacial score (nSPS) is 21.4. The van der Waals surface area contributed by atoms with Crippen molar-refractivity contribution in [1.29, 1.82) is 0 Å². The molecule has 0 N–H and O–H groups in total. The molecule has 14 heavy (non-hydrogen) atoms. The lowest BCUT2D eigenvalue weighted by atomic mass is 10.2. The molecule has 0 saturated heterocycles. The number of nitrogens with zero attached hydrogens (tertiary/aromatic N) is 1. The predicted molar refractivity (Wildman–Crippen MR) is 50.2 cm³/mol. The predicted octanol–water partition coefficient (Wildman–Crippen LogP) is 1.80. The van der Waals surface area contributed by atoms with Gasteiger partial charge in [0.15, 0.2) is 5.83 Å². The number of halogens is 2. The number of carbonyl (C=O) groups is 1. The topological polar surface area (TPSA) is 46.4 Å². The van der Waals surface area contributed by atoms with Crippen molar-refractivity contribution in [1.82, 2.24) is 0 Å². The van der Waals surface area contributed by atoms with E-state index in [4.69, 9.17) is 0 Å². The van der Waals surface area contributed by atoms with Crippen LogP contribution in [0.2, 0.25) is 0 Å². The summed E-state index contributed by atoms with van der Waals surface area (Å²) in [6.07, 6.45) is 2.14. The van der Waals surface area contributed by atoms with Crippen LogP contribution in [-0.4, -0.2) is 23.4 Å². The number of nitroso groups, excluding NO2 is 1. The van der Waals surface area contributed by atoms with Crippen LogP contribution in [-0.2, 0) is 9.53 Å². The van der Waals surface area contributed by atoms with Crippen LogP contribution in [0.1, 0.15) is 6.92 Å². The van der Waals surface area contributed by atoms with Gasteiger partial charge in [0, 0.05) is 4.91 Å². The van der Waals surface area contributed by atoms with Crippen molar-refractivity contribution in [2.45, 2.75) is 13.0 Å². The quantitative estimate of drug-likeness (QED) is 0.565. The standard InChI is InChI=1S/C8H8BrFNO3/c1-2-14-8(12)7-6(10)3-5(9)4-11(7)13/h3-4,7H,2H2,1H3/q+1. The highest BCUT2D eigenvalue weighted by Gasteiger charge is 2.41. The number of allylic oxidation sites excluding steroid dienone is 2. The maximum Gasteiger partial charge on any atom is 0.388 e. The van der Waals surface area contributed by atoms with Gasteiger partial charge in [0.25, 0.3) is 0 Å². The maximum atomic E-state index is 13.2. The lowest BCUT2D eigenvalue weighted by Gasteiger charge is -2.07. The molecular formula is C8H8BrFNO3+. The Bertz CT molecular complexity index is 337. The lowest BCUT2D eigenvalue weighted by molar-refractivity contribution is -0.504. The molecule has 0 aromatic rings. The van der Waals surface area contributed by atoms with E-state index in [1.165, 1.54) is 0 Å². The summed E-state index contributed by atoms with van der Waals surface area (Å²) in [4.78, 5) is 22.3. The highest BCUT2D eigenvalue weighted by atomic mass is 79.9. The molecule has 0 saturated carbocycles. The molecule has 4 nitrogen and oxygen atoms in total. The molecule has 0 spiro atoms. The SMILES string of the molecule is CCOC(=O)C1C(F)=CC(Br)=C[N+]1=O. The van der Waals surface area contributed by atoms with Crippen LogP contribution < -0.4 is 0 Å². The number of hydrogen-bond donors (Lipinski definition) is 0. The highest BCUT2D eigenvalue weighted by molar-refractivity contribution is 9.11.